The van der Waals surface area contributed by atoms with Crippen LogP contribution in [0, 0.1) is 6.92 Å². The number of aryl methyl sites for hydroxylation is 1. The molecule has 0 unspecified atom stereocenters. The number of carbonyl (C=O) groups is 1. The maximum Gasteiger partial charge on any atom is 0.236 e. The molecule has 0 radical (unpaired) electrons. The van der Waals surface area contributed by atoms with Crippen LogP contribution in [0.15, 0.2) is 24.3 Å². The van der Waals surface area contributed by atoms with Gasteiger partial charge in [-0.05, 0) is 44.1 Å². The lowest BCUT2D eigenvalue weighted by atomic mass is 10.2. The van der Waals surface area contributed by atoms with Gasteiger partial charge in [-0.1, -0.05) is 12.1 Å². The zero-order valence-corrected chi connectivity index (χ0v) is 17.4. The number of nitrogen functional groups attached to an aromatic ring is 1. The average molecular weight is 399 g/mol. The van der Waals surface area contributed by atoms with E-state index in [0.29, 0.717) is 24.9 Å². The van der Waals surface area contributed by atoms with Gasteiger partial charge in [-0.3, -0.25) is 14.6 Å². The molecule has 1 aliphatic rings. The van der Waals surface area contributed by atoms with E-state index in [2.05, 4.69) is 30.1 Å². The second-order valence-corrected chi connectivity index (χ2v) is 7.62. The van der Waals surface area contributed by atoms with Crippen LogP contribution in [0.25, 0.3) is 0 Å². The van der Waals surface area contributed by atoms with E-state index in [0.717, 1.165) is 43.9 Å². The molecule has 0 atom stereocenters. The Hall–Kier alpha value is -2.78. The topological polar surface area (TPSA) is 104 Å². The highest BCUT2D eigenvalue weighted by Crippen LogP contribution is 2.16. The van der Waals surface area contributed by atoms with E-state index >= 15 is 0 Å². The van der Waals surface area contributed by atoms with Crippen molar-refractivity contribution >= 4 is 23.5 Å². The van der Waals surface area contributed by atoms with Gasteiger partial charge in [0.2, 0.25) is 17.8 Å². The van der Waals surface area contributed by atoms with E-state index in [4.69, 9.17) is 5.73 Å². The van der Waals surface area contributed by atoms with Crippen molar-refractivity contribution < 1.29 is 4.79 Å². The standard InChI is InChI=1S/C20H30N8O/c1-15-6-4-7-16(12-15)22-20-24-17(23-19(21)25-20)13-27-8-5-9-28(11-10-27)14-18(29)26(2)3/h4,6-7,12H,5,8-11,13-14H2,1-3H3,(H3,21,22,23,24,25). The zero-order valence-electron chi connectivity index (χ0n) is 17.4. The van der Waals surface area contributed by atoms with Gasteiger partial charge in [-0.25, -0.2) is 0 Å². The molecular weight excluding hydrogens is 368 g/mol. The predicted octanol–water partition coefficient (Wildman–Crippen LogP) is 1.10. The predicted molar refractivity (Wildman–Crippen MR) is 114 cm³/mol. The summed E-state index contributed by atoms with van der Waals surface area (Å²) in [7, 11) is 3.58. The number of nitrogens with one attached hydrogen (secondary N) is 1. The Morgan fingerprint density at radius 1 is 1.14 bits per heavy atom. The third-order valence-corrected chi connectivity index (χ3v) is 4.88. The number of likely N-dealkylation sites (N-methyl/N-ethyl adjacent to an activating group) is 1. The van der Waals surface area contributed by atoms with Gasteiger partial charge in [0.25, 0.3) is 0 Å². The first-order chi connectivity index (χ1) is 13.9. The number of anilines is 3. The molecule has 1 fully saturated rings. The van der Waals surface area contributed by atoms with Crippen LogP contribution in [0.4, 0.5) is 17.6 Å². The molecule has 0 bridgehead atoms. The summed E-state index contributed by atoms with van der Waals surface area (Å²) in [5, 5.41) is 3.20. The fourth-order valence-corrected chi connectivity index (χ4v) is 3.29. The number of benzene rings is 1. The highest BCUT2D eigenvalue weighted by atomic mass is 16.2. The van der Waals surface area contributed by atoms with Crippen LogP contribution in [0.3, 0.4) is 0 Å². The van der Waals surface area contributed by atoms with Gasteiger partial charge in [-0.2, -0.15) is 15.0 Å². The van der Waals surface area contributed by atoms with Crippen molar-refractivity contribution in [2.75, 3.05) is 57.9 Å². The average Bonchev–Trinajstić information content (AvgIpc) is 2.86. The summed E-state index contributed by atoms with van der Waals surface area (Å²) in [6.45, 7) is 6.64. The number of hydrogen-bond acceptors (Lipinski definition) is 8. The van der Waals surface area contributed by atoms with Crippen LogP contribution in [-0.2, 0) is 11.3 Å². The Morgan fingerprint density at radius 3 is 2.66 bits per heavy atom. The van der Waals surface area contributed by atoms with E-state index in [9.17, 15) is 4.79 Å². The van der Waals surface area contributed by atoms with Gasteiger partial charge in [0, 0.05) is 32.9 Å². The van der Waals surface area contributed by atoms with Crippen LogP contribution in [0.5, 0.6) is 0 Å². The molecule has 3 rings (SSSR count). The summed E-state index contributed by atoms with van der Waals surface area (Å²) in [5.74, 6) is 1.44. The number of aromatic nitrogens is 3. The highest BCUT2D eigenvalue weighted by Gasteiger charge is 2.19. The first-order valence-electron chi connectivity index (χ1n) is 9.88. The molecule has 1 aromatic heterocycles. The first kappa shape index (κ1) is 20.9. The minimum Gasteiger partial charge on any atom is -0.368 e. The third kappa shape index (κ3) is 6.37. The van der Waals surface area contributed by atoms with E-state index in [1.54, 1.807) is 19.0 Å². The first-order valence-corrected chi connectivity index (χ1v) is 9.88. The number of carbonyl (C=O) groups excluding carboxylic acids is 1. The largest absolute Gasteiger partial charge is 0.368 e. The molecule has 3 N–H and O–H groups in total. The fraction of sp³-hybridized carbons (Fsp3) is 0.500. The molecule has 1 aliphatic heterocycles. The van der Waals surface area contributed by atoms with Gasteiger partial charge >= 0.3 is 0 Å². The molecule has 1 aromatic carbocycles. The van der Waals surface area contributed by atoms with Crippen molar-refractivity contribution in [3.8, 4) is 0 Å². The normalized spacial score (nSPS) is 15.7. The minimum atomic E-state index is 0.135. The molecule has 0 spiro atoms. The number of nitrogens with two attached hydrogens (primary N) is 1. The summed E-state index contributed by atoms with van der Waals surface area (Å²) in [4.78, 5) is 31.2. The van der Waals surface area contributed by atoms with Gasteiger partial charge in [-0.15, -0.1) is 0 Å². The number of rotatable bonds is 6. The van der Waals surface area contributed by atoms with E-state index in [-0.39, 0.29) is 11.9 Å². The minimum absolute atomic E-state index is 0.135. The zero-order chi connectivity index (χ0) is 20.8. The maximum absolute atomic E-state index is 12.0. The molecule has 0 aliphatic carbocycles. The molecule has 156 valence electrons. The Bertz CT molecular complexity index is 841. The Labute approximate surface area is 171 Å². The molecule has 2 heterocycles. The Balaban J connectivity index is 1.61. The van der Waals surface area contributed by atoms with Crippen LogP contribution in [0.1, 0.15) is 17.8 Å². The molecule has 0 saturated carbocycles. The van der Waals surface area contributed by atoms with Crippen LogP contribution in [0.2, 0.25) is 0 Å². The summed E-state index contributed by atoms with van der Waals surface area (Å²) in [5.41, 5.74) is 7.98. The lowest BCUT2D eigenvalue weighted by Crippen LogP contribution is -2.38. The van der Waals surface area contributed by atoms with Crippen molar-refractivity contribution in [1.29, 1.82) is 0 Å². The molecule has 29 heavy (non-hydrogen) atoms. The smallest absolute Gasteiger partial charge is 0.236 e. The second-order valence-electron chi connectivity index (χ2n) is 7.62. The highest BCUT2D eigenvalue weighted by molar-refractivity contribution is 5.77. The van der Waals surface area contributed by atoms with Crippen molar-refractivity contribution in [2.45, 2.75) is 19.9 Å². The Morgan fingerprint density at radius 2 is 1.90 bits per heavy atom. The lowest BCUT2D eigenvalue weighted by molar-refractivity contribution is -0.129. The van der Waals surface area contributed by atoms with Crippen molar-refractivity contribution in [3.63, 3.8) is 0 Å². The molecule has 2 aromatic rings. The third-order valence-electron chi connectivity index (χ3n) is 4.88. The monoisotopic (exact) mass is 398 g/mol. The second kappa shape index (κ2) is 9.62. The van der Waals surface area contributed by atoms with E-state index in [1.165, 1.54) is 0 Å². The van der Waals surface area contributed by atoms with Gasteiger partial charge < -0.3 is 16.0 Å². The van der Waals surface area contributed by atoms with E-state index in [1.807, 2.05) is 31.2 Å². The van der Waals surface area contributed by atoms with Crippen LogP contribution >= 0.6 is 0 Å². The fourth-order valence-electron chi connectivity index (χ4n) is 3.29. The summed E-state index contributed by atoms with van der Waals surface area (Å²) in [6.07, 6.45) is 0.996. The van der Waals surface area contributed by atoms with Crippen LogP contribution in [-0.4, -0.2) is 82.4 Å². The van der Waals surface area contributed by atoms with Gasteiger partial charge in [0.1, 0.15) is 5.82 Å². The molecule has 9 heteroatoms. The summed E-state index contributed by atoms with van der Waals surface area (Å²) < 4.78 is 0. The summed E-state index contributed by atoms with van der Waals surface area (Å²) in [6, 6.07) is 8.00. The quantitative estimate of drug-likeness (QED) is 0.746. The SMILES string of the molecule is Cc1cccc(Nc2nc(N)nc(CN3CCCN(CC(=O)N(C)C)CC3)n2)c1. The number of nitrogens with zero attached hydrogens (tertiary/aromatic N) is 6. The molecule has 1 amide bonds. The van der Waals surface area contributed by atoms with Gasteiger partial charge in [0.05, 0.1) is 13.1 Å². The number of hydrogen-bond donors (Lipinski definition) is 2. The van der Waals surface area contributed by atoms with Crippen molar-refractivity contribution in [1.82, 2.24) is 29.7 Å². The molecule has 9 nitrogen and oxygen atoms in total. The number of amides is 1. The molecule has 1 saturated heterocycles. The van der Waals surface area contributed by atoms with Crippen LogP contribution < -0.4 is 11.1 Å². The van der Waals surface area contributed by atoms with Crippen molar-refractivity contribution in [3.05, 3.63) is 35.7 Å². The maximum atomic E-state index is 12.0. The van der Waals surface area contributed by atoms with Gasteiger partial charge in [0.15, 0.2) is 0 Å². The lowest BCUT2D eigenvalue weighted by Gasteiger charge is -2.22. The molecular formula is C20H30N8O. The Kier molecular flexibility index (Phi) is 6.95. The summed E-state index contributed by atoms with van der Waals surface area (Å²) >= 11 is 0. The van der Waals surface area contributed by atoms with E-state index < -0.39 is 0 Å². The van der Waals surface area contributed by atoms with Crippen molar-refractivity contribution in [2.24, 2.45) is 0 Å².